The lowest BCUT2D eigenvalue weighted by Crippen LogP contribution is -2.45. The SMILES string of the molecule is COC1CC2(C[C@@H]1OC)C1CC[C@H](C1)[C@H]2N. The molecule has 16 heavy (non-hydrogen) atoms. The Morgan fingerprint density at radius 1 is 1.06 bits per heavy atom. The summed E-state index contributed by atoms with van der Waals surface area (Å²) >= 11 is 0. The van der Waals surface area contributed by atoms with Gasteiger partial charge in [0.15, 0.2) is 0 Å². The second-order valence-corrected chi connectivity index (χ2v) is 5.99. The van der Waals surface area contributed by atoms with Gasteiger partial charge in [0, 0.05) is 20.3 Å². The van der Waals surface area contributed by atoms with Crippen LogP contribution in [-0.2, 0) is 9.47 Å². The number of hydrogen-bond donors (Lipinski definition) is 1. The van der Waals surface area contributed by atoms with Crippen LogP contribution < -0.4 is 5.73 Å². The predicted octanol–water partition coefficient (Wildman–Crippen LogP) is 1.55. The van der Waals surface area contributed by atoms with Gasteiger partial charge in [-0.25, -0.2) is 0 Å². The van der Waals surface area contributed by atoms with E-state index in [-0.39, 0.29) is 12.2 Å². The quantitative estimate of drug-likeness (QED) is 0.775. The zero-order chi connectivity index (χ0) is 11.3. The molecule has 0 heterocycles. The first-order chi connectivity index (χ1) is 7.71. The third-order valence-electron chi connectivity index (χ3n) is 5.64. The highest BCUT2D eigenvalue weighted by atomic mass is 16.5. The second-order valence-electron chi connectivity index (χ2n) is 5.99. The Morgan fingerprint density at radius 2 is 1.69 bits per heavy atom. The fraction of sp³-hybridized carbons (Fsp3) is 1.00. The van der Waals surface area contributed by atoms with Crippen LogP contribution in [0.25, 0.3) is 0 Å². The summed E-state index contributed by atoms with van der Waals surface area (Å²) in [4.78, 5) is 0. The lowest BCUT2D eigenvalue weighted by atomic mass is 9.69. The van der Waals surface area contributed by atoms with Gasteiger partial charge in [-0.05, 0) is 49.4 Å². The van der Waals surface area contributed by atoms with E-state index in [1.807, 2.05) is 0 Å². The van der Waals surface area contributed by atoms with Gasteiger partial charge in [0.2, 0.25) is 0 Å². The molecule has 92 valence electrons. The second kappa shape index (κ2) is 3.69. The Morgan fingerprint density at radius 3 is 2.12 bits per heavy atom. The molecule has 0 aromatic rings. The van der Waals surface area contributed by atoms with Gasteiger partial charge in [0.05, 0.1) is 12.2 Å². The number of rotatable bonds is 2. The summed E-state index contributed by atoms with van der Waals surface area (Å²) < 4.78 is 11.2. The maximum absolute atomic E-state index is 6.48. The van der Waals surface area contributed by atoms with Crippen LogP contribution in [-0.4, -0.2) is 32.5 Å². The monoisotopic (exact) mass is 225 g/mol. The molecule has 0 radical (unpaired) electrons. The van der Waals surface area contributed by atoms with Crippen LogP contribution >= 0.6 is 0 Å². The summed E-state index contributed by atoms with van der Waals surface area (Å²) in [6.45, 7) is 0. The fourth-order valence-electron chi connectivity index (χ4n) is 4.78. The van der Waals surface area contributed by atoms with Gasteiger partial charge in [-0.1, -0.05) is 0 Å². The highest BCUT2D eigenvalue weighted by Crippen LogP contribution is 2.62. The minimum absolute atomic E-state index is 0.260. The Balaban J connectivity index is 1.85. The summed E-state index contributed by atoms with van der Waals surface area (Å²) in [5.74, 6) is 1.61. The smallest absolute Gasteiger partial charge is 0.0838 e. The van der Waals surface area contributed by atoms with Crippen LogP contribution in [0.1, 0.15) is 32.1 Å². The van der Waals surface area contributed by atoms with Gasteiger partial charge in [-0.15, -0.1) is 0 Å². The molecule has 6 atom stereocenters. The average Bonchev–Trinajstić information content (AvgIpc) is 2.97. The molecule has 0 aliphatic heterocycles. The zero-order valence-electron chi connectivity index (χ0n) is 10.3. The van der Waals surface area contributed by atoms with Gasteiger partial charge in [0.25, 0.3) is 0 Å². The molecular weight excluding hydrogens is 202 g/mol. The van der Waals surface area contributed by atoms with Crippen molar-refractivity contribution >= 4 is 0 Å². The molecule has 3 rings (SSSR count). The normalized spacial score (nSPS) is 55.3. The summed E-state index contributed by atoms with van der Waals surface area (Å²) in [5.41, 5.74) is 6.82. The van der Waals surface area contributed by atoms with Gasteiger partial charge < -0.3 is 15.2 Å². The Labute approximate surface area is 97.7 Å². The number of nitrogens with two attached hydrogens (primary N) is 1. The van der Waals surface area contributed by atoms with E-state index in [4.69, 9.17) is 15.2 Å². The molecule has 3 unspecified atom stereocenters. The third kappa shape index (κ3) is 1.25. The van der Waals surface area contributed by atoms with Crippen molar-refractivity contribution < 1.29 is 9.47 Å². The van der Waals surface area contributed by atoms with E-state index in [9.17, 15) is 0 Å². The number of fused-ring (bicyclic) bond motifs is 3. The molecule has 3 fully saturated rings. The zero-order valence-corrected chi connectivity index (χ0v) is 10.3. The van der Waals surface area contributed by atoms with Crippen LogP contribution in [0.3, 0.4) is 0 Å². The number of hydrogen-bond acceptors (Lipinski definition) is 3. The largest absolute Gasteiger partial charge is 0.379 e. The minimum Gasteiger partial charge on any atom is -0.379 e. The van der Waals surface area contributed by atoms with Crippen LogP contribution in [0, 0.1) is 17.3 Å². The van der Waals surface area contributed by atoms with E-state index in [1.165, 1.54) is 19.3 Å². The van der Waals surface area contributed by atoms with Crippen LogP contribution in [0.4, 0.5) is 0 Å². The van der Waals surface area contributed by atoms with E-state index in [1.54, 1.807) is 14.2 Å². The van der Waals surface area contributed by atoms with Crippen molar-refractivity contribution in [3.63, 3.8) is 0 Å². The summed E-state index contributed by atoms with van der Waals surface area (Å²) in [5, 5.41) is 0. The Hall–Kier alpha value is -0.120. The maximum Gasteiger partial charge on any atom is 0.0838 e. The van der Waals surface area contributed by atoms with Crippen molar-refractivity contribution in [2.75, 3.05) is 14.2 Å². The first kappa shape index (κ1) is 11.0. The van der Waals surface area contributed by atoms with E-state index in [2.05, 4.69) is 0 Å². The highest BCUT2D eigenvalue weighted by Gasteiger charge is 2.61. The molecule has 2 N–H and O–H groups in total. The van der Waals surface area contributed by atoms with E-state index in [0.717, 1.165) is 24.7 Å². The lowest BCUT2D eigenvalue weighted by molar-refractivity contribution is -0.0157. The van der Waals surface area contributed by atoms with Crippen molar-refractivity contribution in [2.45, 2.75) is 50.4 Å². The fourth-order valence-corrected chi connectivity index (χ4v) is 4.78. The molecule has 0 aromatic heterocycles. The molecule has 3 aliphatic carbocycles. The van der Waals surface area contributed by atoms with Gasteiger partial charge >= 0.3 is 0 Å². The third-order valence-corrected chi connectivity index (χ3v) is 5.64. The minimum atomic E-state index is 0.260. The van der Waals surface area contributed by atoms with Gasteiger partial charge in [0.1, 0.15) is 0 Å². The van der Waals surface area contributed by atoms with E-state index < -0.39 is 0 Å². The summed E-state index contributed by atoms with van der Waals surface area (Å²) in [6.07, 6.45) is 6.84. The molecule has 3 nitrogen and oxygen atoms in total. The van der Waals surface area contributed by atoms with Crippen molar-refractivity contribution in [1.29, 1.82) is 0 Å². The maximum atomic E-state index is 6.48. The standard InChI is InChI=1S/C13H23NO2/c1-15-10-6-13(7-11(10)16-2)9-4-3-8(5-9)12(13)14/h8-12H,3-7,14H2,1-2H3/t8-,9?,10+,11?,12-,13?/m1/s1. The van der Waals surface area contributed by atoms with Crippen LogP contribution in [0.2, 0.25) is 0 Å². The first-order valence-corrected chi connectivity index (χ1v) is 6.52. The molecule has 3 saturated carbocycles. The Kier molecular flexibility index (Phi) is 2.54. The average molecular weight is 225 g/mol. The van der Waals surface area contributed by atoms with Crippen molar-refractivity contribution in [3.8, 4) is 0 Å². The predicted molar refractivity (Wildman–Crippen MR) is 62.1 cm³/mol. The molecule has 0 aromatic carbocycles. The molecule has 3 heteroatoms. The number of methoxy groups -OCH3 is 2. The molecule has 0 amide bonds. The van der Waals surface area contributed by atoms with Crippen LogP contribution in [0.5, 0.6) is 0 Å². The van der Waals surface area contributed by atoms with E-state index in [0.29, 0.717) is 11.5 Å². The van der Waals surface area contributed by atoms with Gasteiger partial charge in [-0.2, -0.15) is 0 Å². The van der Waals surface area contributed by atoms with Crippen LogP contribution in [0.15, 0.2) is 0 Å². The summed E-state index contributed by atoms with van der Waals surface area (Å²) in [6, 6.07) is 0.393. The lowest BCUT2D eigenvalue weighted by Gasteiger charge is -2.39. The van der Waals surface area contributed by atoms with Crippen molar-refractivity contribution in [1.82, 2.24) is 0 Å². The Bertz CT molecular complexity index is 265. The molecule has 1 spiro atoms. The number of ether oxygens (including phenoxy) is 2. The highest BCUT2D eigenvalue weighted by molar-refractivity contribution is 5.13. The molecule has 3 aliphatic rings. The molecule has 2 bridgehead atoms. The summed E-state index contributed by atoms with van der Waals surface area (Å²) in [7, 11) is 3.60. The van der Waals surface area contributed by atoms with E-state index >= 15 is 0 Å². The first-order valence-electron chi connectivity index (χ1n) is 6.52. The topological polar surface area (TPSA) is 44.5 Å². The molecule has 0 saturated heterocycles. The molecular formula is C13H23NO2. The van der Waals surface area contributed by atoms with Crippen molar-refractivity contribution in [3.05, 3.63) is 0 Å². The van der Waals surface area contributed by atoms with Gasteiger partial charge in [-0.3, -0.25) is 0 Å². The van der Waals surface area contributed by atoms with Crippen molar-refractivity contribution in [2.24, 2.45) is 23.0 Å².